The Morgan fingerprint density at radius 1 is 1.10 bits per heavy atom. The molecule has 0 spiro atoms. The van der Waals surface area contributed by atoms with Gasteiger partial charge in [0.25, 0.3) is 0 Å². The number of aryl methyl sites for hydroxylation is 3. The zero-order valence-electron chi connectivity index (χ0n) is 15.5. The van der Waals surface area contributed by atoms with Crippen LogP contribution < -0.4 is 4.72 Å². The lowest BCUT2D eigenvalue weighted by Gasteiger charge is -2.31. The second-order valence-electron chi connectivity index (χ2n) is 6.50. The third-order valence-electron chi connectivity index (χ3n) is 3.94. The molecule has 29 heavy (non-hydrogen) atoms. The lowest BCUT2D eigenvalue weighted by Crippen LogP contribution is -2.55. The molecule has 0 aliphatic rings. The van der Waals surface area contributed by atoms with E-state index in [0.29, 0.717) is 22.9 Å². The summed E-state index contributed by atoms with van der Waals surface area (Å²) in [6, 6.07) is 6.49. The minimum absolute atomic E-state index is 0.0518. The Bertz CT molecular complexity index is 1010. The van der Waals surface area contributed by atoms with Gasteiger partial charge in [0.15, 0.2) is 3.55 Å². The average Bonchev–Trinajstić information content (AvgIpc) is 2.51. The molecule has 2 aromatic rings. The van der Waals surface area contributed by atoms with E-state index in [1.807, 2.05) is 4.72 Å². The molecule has 2 rings (SSSR count). The van der Waals surface area contributed by atoms with Crippen LogP contribution in [0.4, 0.5) is 17.6 Å². The lowest BCUT2D eigenvalue weighted by molar-refractivity contribution is -0.151. The van der Waals surface area contributed by atoms with E-state index < -0.39 is 31.3 Å². The monoisotopic (exact) mass is 581 g/mol. The Balaban J connectivity index is 2.40. The summed E-state index contributed by atoms with van der Waals surface area (Å²) in [6.07, 6.45) is -4.90. The third kappa shape index (κ3) is 5.78. The van der Waals surface area contributed by atoms with E-state index in [2.05, 4.69) is 0 Å². The van der Waals surface area contributed by atoms with Crippen LogP contribution in [-0.4, -0.2) is 23.9 Å². The van der Waals surface area contributed by atoms with Crippen molar-refractivity contribution in [3.05, 3.63) is 57.9 Å². The van der Waals surface area contributed by atoms with Crippen LogP contribution in [0.25, 0.3) is 0 Å². The summed E-state index contributed by atoms with van der Waals surface area (Å²) in [5, 5.41) is -0.0518. The van der Waals surface area contributed by atoms with Gasteiger partial charge in [0.2, 0.25) is 10.0 Å². The van der Waals surface area contributed by atoms with Crippen molar-refractivity contribution in [2.75, 3.05) is 5.75 Å². The largest absolute Gasteiger partial charge is 0.417 e. The molecule has 1 N–H and O–H groups in total. The minimum Gasteiger partial charge on any atom is -0.207 e. The van der Waals surface area contributed by atoms with Gasteiger partial charge in [-0.1, -0.05) is 29.3 Å². The maximum Gasteiger partial charge on any atom is 0.417 e. The lowest BCUT2D eigenvalue weighted by atomic mass is 10.1. The number of hydrogen-bond donors (Lipinski definition) is 1. The molecule has 1 atom stereocenters. The molecule has 0 heterocycles. The van der Waals surface area contributed by atoms with Crippen molar-refractivity contribution in [3.8, 4) is 0 Å². The molecule has 0 aliphatic heterocycles. The van der Waals surface area contributed by atoms with Gasteiger partial charge >= 0.3 is 6.18 Å². The zero-order valence-corrected chi connectivity index (χ0v) is 20.0. The van der Waals surface area contributed by atoms with Crippen LogP contribution >= 0.6 is 46.0 Å². The first-order valence-corrected chi connectivity index (χ1v) is 12.0. The van der Waals surface area contributed by atoms with E-state index in [-0.39, 0.29) is 14.8 Å². The van der Waals surface area contributed by atoms with E-state index in [1.165, 1.54) is 19.9 Å². The summed E-state index contributed by atoms with van der Waals surface area (Å²) >= 11 is 7.61. The van der Waals surface area contributed by atoms with Crippen molar-refractivity contribution in [1.82, 2.24) is 4.72 Å². The molecule has 0 saturated carbocycles. The fourth-order valence-corrected chi connectivity index (χ4v) is 7.19. The van der Waals surface area contributed by atoms with Gasteiger partial charge in [0.05, 0.1) is 9.92 Å². The van der Waals surface area contributed by atoms with Crippen molar-refractivity contribution >= 4 is 56.0 Å². The molecular formula is C18H17ClF4INO2S2. The number of rotatable bonds is 6. The Labute approximate surface area is 189 Å². The zero-order chi connectivity index (χ0) is 22.2. The fourth-order valence-electron chi connectivity index (χ4n) is 2.79. The molecule has 160 valence electrons. The highest BCUT2D eigenvalue weighted by Crippen LogP contribution is 2.42. The second-order valence-corrected chi connectivity index (χ2v) is 11.4. The number of benzene rings is 2. The topological polar surface area (TPSA) is 46.2 Å². The fraction of sp³-hybridized carbons (Fsp3) is 0.333. The highest BCUT2D eigenvalue weighted by Gasteiger charge is 2.55. The van der Waals surface area contributed by atoms with Gasteiger partial charge in [0, 0.05) is 10.6 Å². The van der Waals surface area contributed by atoms with Gasteiger partial charge in [-0.15, -0.1) is 11.8 Å². The maximum absolute atomic E-state index is 13.8. The Morgan fingerprint density at radius 2 is 1.66 bits per heavy atom. The summed E-state index contributed by atoms with van der Waals surface area (Å²) < 4.78 is 79.4. The quantitative estimate of drug-likeness (QED) is 0.146. The molecule has 0 aliphatic carbocycles. The van der Waals surface area contributed by atoms with E-state index in [0.717, 1.165) is 40.3 Å². The number of halogens is 6. The molecule has 3 nitrogen and oxygen atoms in total. The third-order valence-corrected chi connectivity index (χ3v) is 9.55. The van der Waals surface area contributed by atoms with Crippen molar-refractivity contribution in [3.63, 3.8) is 0 Å². The molecule has 0 fully saturated rings. The predicted molar refractivity (Wildman–Crippen MR) is 116 cm³/mol. The van der Waals surface area contributed by atoms with Crippen molar-refractivity contribution in [1.29, 1.82) is 0 Å². The summed E-state index contributed by atoms with van der Waals surface area (Å²) in [6.45, 7) is 4.83. The Kier molecular flexibility index (Phi) is 7.58. The van der Waals surface area contributed by atoms with E-state index in [4.69, 9.17) is 11.6 Å². The predicted octanol–water partition coefficient (Wildman–Crippen LogP) is 6.17. The number of sulfonamides is 1. The normalized spacial score (nSPS) is 14.7. The minimum atomic E-state index is -4.90. The summed E-state index contributed by atoms with van der Waals surface area (Å²) in [5.41, 5.74) is 1.51. The molecule has 0 aromatic heterocycles. The molecule has 0 bridgehead atoms. The summed E-state index contributed by atoms with van der Waals surface area (Å²) in [7, 11) is -4.48. The van der Waals surface area contributed by atoms with Gasteiger partial charge in [-0.25, -0.2) is 12.8 Å². The van der Waals surface area contributed by atoms with E-state index in [9.17, 15) is 26.0 Å². The summed E-state index contributed by atoms with van der Waals surface area (Å²) in [5.74, 6) is -1.33. The number of nitrogens with one attached hydrogen (secondary N) is 1. The van der Waals surface area contributed by atoms with Crippen LogP contribution in [-0.2, 0) is 10.0 Å². The standard InChI is InChI=1S/C18H17ClF4INO2S2/c1-10-6-11(2)16(12(3)7-10)29(26,27)25-17(24,18(21,22)23)9-28-15-5-4-13(20)8-14(15)19/h4-8,25H,9H2,1-3H3. The first kappa shape index (κ1) is 24.7. The van der Waals surface area contributed by atoms with Crippen molar-refractivity contribution < 1.29 is 26.0 Å². The van der Waals surface area contributed by atoms with Crippen LogP contribution in [0.15, 0.2) is 40.1 Å². The first-order valence-electron chi connectivity index (χ1n) is 8.11. The molecule has 11 heteroatoms. The van der Waals surface area contributed by atoms with Gasteiger partial charge in [0.1, 0.15) is 5.82 Å². The maximum atomic E-state index is 13.8. The molecular weight excluding hydrogens is 565 g/mol. The number of alkyl halides is 4. The van der Waals surface area contributed by atoms with Crippen LogP contribution in [0, 0.1) is 26.6 Å². The van der Waals surface area contributed by atoms with E-state index >= 15 is 0 Å². The van der Waals surface area contributed by atoms with Crippen molar-refractivity contribution in [2.45, 2.75) is 40.3 Å². The van der Waals surface area contributed by atoms with Crippen LogP contribution in [0.3, 0.4) is 0 Å². The molecule has 0 radical (unpaired) electrons. The number of thioether (sulfide) groups is 1. The molecule has 1 unspecified atom stereocenters. The highest BCUT2D eigenvalue weighted by molar-refractivity contribution is 14.1. The Morgan fingerprint density at radius 3 is 2.14 bits per heavy atom. The molecule has 0 saturated heterocycles. The SMILES string of the molecule is Cc1cc(C)c(S(=O)(=O)NC(I)(CSc2ccc(F)cc2Cl)C(F)(F)F)c(C)c1. The van der Waals surface area contributed by atoms with Gasteiger partial charge < -0.3 is 0 Å². The van der Waals surface area contributed by atoms with E-state index in [1.54, 1.807) is 19.1 Å². The smallest absolute Gasteiger partial charge is 0.207 e. The van der Waals surface area contributed by atoms with Crippen LogP contribution in [0.2, 0.25) is 5.02 Å². The summed E-state index contributed by atoms with van der Waals surface area (Å²) in [4.78, 5) is 0.0264. The van der Waals surface area contributed by atoms with Gasteiger partial charge in [-0.05, 0) is 72.7 Å². The first-order chi connectivity index (χ1) is 13.2. The van der Waals surface area contributed by atoms with Crippen LogP contribution in [0.1, 0.15) is 16.7 Å². The number of hydrogen-bond acceptors (Lipinski definition) is 3. The second kappa shape index (κ2) is 8.89. The van der Waals surface area contributed by atoms with Gasteiger partial charge in [-0.2, -0.15) is 17.9 Å². The highest BCUT2D eigenvalue weighted by atomic mass is 127. The average molecular weight is 582 g/mol. The Hall–Kier alpha value is -0.560. The van der Waals surface area contributed by atoms with Crippen molar-refractivity contribution in [2.24, 2.45) is 0 Å². The van der Waals surface area contributed by atoms with Crippen LogP contribution in [0.5, 0.6) is 0 Å². The molecule has 0 amide bonds. The molecule has 2 aromatic carbocycles. The van der Waals surface area contributed by atoms with Gasteiger partial charge in [-0.3, -0.25) is 0 Å².